The van der Waals surface area contributed by atoms with Crippen LogP contribution in [0.4, 0.5) is 0 Å². The Labute approximate surface area is 69.9 Å². The molecule has 2 heteroatoms. The van der Waals surface area contributed by atoms with Crippen LogP contribution in [0.2, 0.25) is 0 Å². The fraction of sp³-hybridized carbons (Fsp3) is 0.889. The monoisotopic (exact) mass is 159 g/mol. The van der Waals surface area contributed by atoms with Crippen molar-refractivity contribution in [3.8, 4) is 0 Å². The first kappa shape index (κ1) is 10.9. The van der Waals surface area contributed by atoms with E-state index in [-0.39, 0.29) is 6.10 Å². The molecule has 0 amide bonds. The summed E-state index contributed by atoms with van der Waals surface area (Å²) in [6.07, 6.45) is 2.10. The van der Waals surface area contributed by atoms with E-state index in [1.165, 1.54) is 0 Å². The minimum Gasteiger partial charge on any atom is -0.379 e. The second kappa shape index (κ2) is 8.02. The Morgan fingerprint density at radius 3 is 2.36 bits per heavy atom. The molecule has 0 spiro atoms. The molecule has 0 saturated heterocycles. The molecule has 0 aliphatic carbocycles. The van der Waals surface area contributed by atoms with Gasteiger partial charge < -0.3 is 9.47 Å². The maximum Gasteiger partial charge on any atom is 0.0809 e. The largest absolute Gasteiger partial charge is 0.379 e. The highest BCUT2D eigenvalue weighted by molar-refractivity contribution is 4.57. The minimum absolute atomic E-state index is 0.00139. The van der Waals surface area contributed by atoms with E-state index in [1.807, 2.05) is 0 Å². The van der Waals surface area contributed by atoms with Crippen molar-refractivity contribution >= 4 is 0 Å². The lowest BCUT2D eigenvalue weighted by molar-refractivity contribution is 0.00718. The summed E-state index contributed by atoms with van der Waals surface area (Å²) in [7, 11) is 0. The zero-order valence-electron chi connectivity index (χ0n) is 7.64. The van der Waals surface area contributed by atoms with Crippen LogP contribution in [0.25, 0.3) is 0 Å². The van der Waals surface area contributed by atoms with Gasteiger partial charge in [0.25, 0.3) is 0 Å². The van der Waals surface area contributed by atoms with Crippen LogP contribution in [-0.4, -0.2) is 25.9 Å². The average Bonchev–Trinajstić information content (AvgIpc) is 2.01. The summed E-state index contributed by atoms with van der Waals surface area (Å²) in [5.41, 5.74) is 0. The van der Waals surface area contributed by atoms with Crippen molar-refractivity contribution in [2.24, 2.45) is 0 Å². The normalized spacial score (nSPS) is 13.4. The standard InChI is InChI=1S/C9H19O2/c1-4-6-10-8-9(3)11-7-5-2/h9H,3-8H2,1-2H3. The van der Waals surface area contributed by atoms with E-state index >= 15 is 0 Å². The highest BCUT2D eigenvalue weighted by Crippen LogP contribution is 1.93. The smallest absolute Gasteiger partial charge is 0.0809 e. The Kier molecular flexibility index (Phi) is 7.96. The van der Waals surface area contributed by atoms with Crippen LogP contribution < -0.4 is 0 Å². The van der Waals surface area contributed by atoms with Crippen LogP contribution in [0.3, 0.4) is 0 Å². The molecule has 0 saturated carbocycles. The van der Waals surface area contributed by atoms with Crippen molar-refractivity contribution in [3.05, 3.63) is 6.92 Å². The van der Waals surface area contributed by atoms with Crippen LogP contribution in [0.5, 0.6) is 0 Å². The minimum atomic E-state index is 0.00139. The fourth-order valence-electron chi connectivity index (χ4n) is 0.692. The molecule has 0 aromatic rings. The lowest BCUT2D eigenvalue weighted by Crippen LogP contribution is -2.17. The summed E-state index contributed by atoms with van der Waals surface area (Å²) in [5.74, 6) is 0. The summed E-state index contributed by atoms with van der Waals surface area (Å²) >= 11 is 0. The van der Waals surface area contributed by atoms with Gasteiger partial charge in [0, 0.05) is 13.2 Å². The van der Waals surface area contributed by atoms with Crippen molar-refractivity contribution in [1.29, 1.82) is 0 Å². The van der Waals surface area contributed by atoms with Gasteiger partial charge in [-0.15, -0.1) is 0 Å². The first-order chi connectivity index (χ1) is 5.31. The van der Waals surface area contributed by atoms with Gasteiger partial charge in [-0.1, -0.05) is 13.8 Å². The van der Waals surface area contributed by atoms with E-state index < -0.39 is 0 Å². The summed E-state index contributed by atoms with van der Waals surface area (Å²) < 4.78 is 10.6. The number of hydrogen-bond acceptors (Lipinski definition) is 2. The van der Waals surface area contributed by atoms with Crippen LogP contribution in [-0.2, 0) is 9.47 Å². The predicted octanol–water partition coefficient (Wildman–Crippen LogP) is 2.04. The SMILES string of the molecule is [CH2]C(COCCC)OCCC. The molecule has 67 valence electrons. The number of ether oxygens (including phenoxy) is 2. The first-order valence-electron chi connectivity index (χ1n) is 4.33. The van der Waals surface area contributed by atoms with E-state index in [2.05, 4.69) is 20.8 Å². The molecule has 0 N–H and O–H groups in total. The van der Waals surface area contributed by atoms with E-state index in [0.29, 0.717) is 6.61 Å². The van der Waals surface area contributed by atoms with Gasteiger partial charge in [-0.3, -0.25) is 0 Å². The number of rotatable bonds is 7. The third-order valence-electron chi connectivity index (χ3n) is 1.21. The topological polar surface area (TPSA) is 18.5 Å². The predicted molar refractivity (Wildman–Crippen MR) is 46.5 cm³/mol. The molecular formula is C9H19O2. The molecule has 0 aliphatic rings. The van der Waals surface area contributed by atoms with Crippen molar-refractivity contribution in [2.45, 2.75) is 32.8 Å². The van der Waals surface area contributed by atoms with Gasteiger partial charge in [-0.05, 0) is 19.8 Å². The van der Waals surface area contributed by atoms with Crippen molar-refractivity contribution in [3.63, 3.8) is 0 Å². The molecule has 0 aromatic heterocycles. The van der Waals surface area contributed by atoms with Crippen molar-refractivity contribution in [1.82, 2.24) is 0 Å². The molecular weight excluding hydrogens is 140 g/mol. The quantitative estimate of drug-likeness (QED) is 0.529. The summed E-state index contributed by atoms with van der Waals surface area (Å²) in [6.45, 7) is 10.2. The third kappa shape index (κ3) is 7.82. The van der Waals surface area contributed by atoms with Gasteiger partial charge in [0.1, 0.15) is 0 Å². The molecule has 0 bridgehead atoms. The van der Waals surface area contributed by atoms with Crippen LogP contribution in [0.15, 0.2) is 0 Å². The average molecular weight is 159 g/mol. The molecule has 2 nitrogen and oxygen atoms in total. The van der Waals surface area contributed by atoms with Gasteiger partial charge >= 0.3 is 0 Å². The summed E-state index contributed by atoms with van der Waals surface area (Å²) in [6, 6.07) is 0. The zero-order chi connectivity index (χ0) is 8.53. The molecule has 1 atom stereocenters. The highest BCUT2D eigenvalue weighted by Gasteiger charge is 1.99. The molecule has 11 heavy (non-hydrogen) atoms. The van der Waals surface area contributed by atoms with Gasteiger partial charge in [-0.25, -0.2) is 0 Å². The van der Waals surface area contributed by atoms with Crippen molar-refractivity contribution in [2.75, 3.05) is 19.8 Å². The molecule has 1 radical (unpaired) electrons. The Morgan fingerprint density at radius 1 is 1.18 bits per heavy atom. The molecule has 0 rings (SSSR count). The Bertz CT molecular complexity index is 74.0. The Morgan fingerprint density at radius 2 is 1.82 bits per heavy atom. The molecule has 0 fully saturated rings. The molecule has 0 heterocycles. The maximum atomic E-state index is 5.30. The summed E-state index contributed by atoms with van der Waals surface area (Å²) in [5, 5.41) is 0. The summed E-state index contributed by atoms with van der Waals surface area (Å²) in [4.78, 5) is 0. The van der Waals surface area contributed by atoms with Crippen LogP contribution in [0.1, 0.15) is 26.7 Å². The third-order valence-corrected chi connectivity index (χ3v) is 1.21. The maximum absolute atomic E-state index is 5.30. The fourth-order valence-corrected chi connectivity index (χ4v) is 0.692. The Hall–Kier alpha value is -0.0800. The van der Waals surface area contributed by atoms with E-state index in [4.69, 9.17) is 9.47 Å². The van der Waals surface area contributed by atoms with Crippen LogP contribution in [0, 0.1) is 6.92 Å². The molecule has 0 aliphatic heterocycles. The second-order valence-corrected chi connectivity index (χ2v) is 2.57. The van der Waals surface area contributed by atoms with Gasteiger partial charge in [-0.2, -0.15) is 0 Å². The lowest BCUT2D eigenvalue weighted by Gasteiger charge is -2.11. The van der Waals surface area contributed by atoms with E-state index in [1.54, 1.807) is 0 Å². The first-order valence-corrected chi connectivity index (χ1v) is 4.33. The second-order valence-electron chi connectivity index (χ2n) is 2.57. The highest BCUT2D eigenvalue weighted by atomic mass is 16.5. The Balaban J connectivity index is 3.02. The zero-order valence-corrected chi connectivity index (χ0v) is 7.64. The molecule has 0 aromatic carbocycles. The van der Waals surface area contributed by atoms with Crippen molar-refractivity contribution < 1.29 is 9.47 Å². The van der Waals surface area contributed by atoms with Gasteiger partial charge in [0.05, 0.1) is 12.7 Å². The molecule has 1 unspecified atom stereocenters. The van der Waals surface area contributed by atoms with Gasteiger partial charge in [0.15, 0.2) is 0 Å². The van der Waals surface area contributed by atoms with E-state index in [9.17, 15) is 0 Å². The van der Waals surface area contributed by atoms with E-state index in [0.717, 1.165) is 26.1 Å². The van der Waals surface area contributed by atoms with Gasteiger partial charge in [0.2, 0.25) is 0 Å². The number of hydrogen-bond donors (Lipinski definition) is 0. The lowest BCUT2D eigenvalue weighted by atomic mass is 10.4. The van der Waals surface area contributed by atoms with Crippen LogP contribution >= 0.6 is 0 Å².